The fraction of sp³-hybridized carbons (Fsp3) is 0.280. The van der Waals surface area contributed by atoms with E-state index in [1.54, 1.807) is 0 Å². The zero-order valence-corrected chi connectivity index (χ0v) is 23.1. The van der Waals surface area contributed by atoms with E-state index < -0.39 is 10.1 Å². The highest BCUT2D eigenvalue weighted by Gasteiger charge is 2.26. The zero-order chi connectivity index (χ0) is 26.8. The van der Waals surface area contributed by atoms with Crippen LogP contribution < -0.4 is 20.2 Å². The number of hydrogen-bond donors (Lipinski definition) is 1. The minimum atomic E-state index is -3.67. The molecule has 0 unspecified atom stereocenters. The normalized spacial score (nSPS) is 11.1. The molecule has 0 fully saturated rings. The van der Waals surface area contributed by atoms with Gasteiger partial charge in [0.2, 0.25) is 0 Å². The van der Waals surface area contributed by atoms with Crippen LogP contribution in [-0.2, 0) is 10.1 Å². The summed E-state index contributed by atoms with van der Waals surface area (Å²) in [5, 5.41) is 1.57. The van der Waals surface area contributed by atoms with Gasteiger partial charge in [-0.05, 0) is 24.3 Å². The molecular formula is C25H30Cl2N2O5S. The number of rotatable bonds is 0. The predicted molar refractivity (Wildman–Crippen MR) is 143 cm³/mol. The monoisotopic (exact) mass is 540 g/mol. The molecule has 3 aromatic carbocycles. The lowest BCUT2D eigenvalue weighted by Crippen LogP contribution is -2.22. The van der Waals surface area contributed by atoms with Crippen LogP contribution in [0.1, 0.15) is 41.5 Å². The van der Waals surface area contributed by atoms with E-state index in [0.29, 0.717) is 61.4 Å². The molecule has 3 aromatic rings. The SMILES string of the molecule is CC.CC.CC.CS(=O)(=O)O.Clc1c2c(c(Cl)c3c1=Nc1ccccc1O3)=Nc1ccccc1O2. The maximum atomic E-state index is 9.19. The smallest absolute Gasteiger partial charge is 0.261 e. The fourth-order valence-corrected chi connectivity index (χ4v) is 3.25. The summed E-state index contributed by atoms with van der Waals surface area (Å²) in [6, 6.07) is 14.9. The summed E-state index contributed by atoms with van der Waals surface area (Å²) < 4.78 is 37.7. The van der Waals surface area contributed by atoms with Crippen molar-refractivity contribution in [2.24, 2.45) is 9.98 Å². The number of ether oxygens (including phenoxy) is 2. The van der Waals surface area contributed by atoms with Crippen molar-refractivity contribution in [2.45, 2.75) is 41.5 Å². The van der Waals surface area contributed by atoms with Gasteiger partial charge in [0.25, 0.3) is 10.1 Å². The van der Waals surface area contributed by atoms with Gasteiger partial charge in [0.15, 0.2) is 23.0 Å². The van der Waals surface area contributed by atoms with Gasteiger partial charge < -0.3 is 9.47 Å². The first-order valence-electron chi connectivity index (χ1n) is 11.2. The van der Waals surface area contributed by atoms with E-state index in [1.807, 2.05) is 90.1 Å². The second-order valence-electron chi connectivity index (χ2n) is 6.08. The largest absolute Gasteiger partial charge is 0.451 e. The molecular weight excluding hydrogens is 511 g/mol. The Labute approximate surface area is 216 Å². The number of fused-ring (bicyclic) bond motifs is 4. The third-order valence-corrected chi connectivity index (χ3v) is 4.57. The van der Waals surface area contributed by atoms with E-state index in [0.717, 1.165) is 0 Å². The summed E-state index contributed by atoms with van der Waals surface area (Å²) in [6.45, 7) is 12.0. The molecule has 7 nitrogen and oxygen atoms in total. The van der Waals surface area contributed by atoms with Gasteiger partial charge in [-0.1, -0.05) is 89.0 Å². The molecule has 2 aliphatic heterocycles. The lowest BCUT2D eigenvalue weighted by molar-refractivity contribution is 0.451. The quantitative estimate of drug-likeness (QED) is 0.203. The average molecular weight is 541 g/mol. The maximum absolute atomic E-state index is 9.19. The molecule has 0 aromatic heterocycles. The van der Waals surface area contributed by atoms with Gasteiger partial charge in [-0.3, -0.25) is 4.55 Å². The van der Waals surface area contributed by atoms with Gasteiger partial charge in [-0.2, -0.15) is 8.42 Å². The Hall–Kier alpha value is -2.65. The lowest BCUT2D eigenvalue weighted by atomic mass is 10.2. The van der Waals surface area contributed by atoms with Gasteiger partial charge in [-0.25, -0.2) is 9.98 Å². The van der Waals surface area contributed by atoms with Gasteiger partial charge in [0.1, 0.15) is 32.1 Å². The third-order valence-electron chi connectivity index (χ3n) is 3.86. The molecule has 0 spiro atoms. The van der Waals surface area contributed by atoms with Crippen LogP contribution in [0, 0.1) is 0 Å². The number of hydrogen-bond acceptors (Lipinski definition) is 6. The molecule has 1 N–H and O–H groups in total. The van der Waals surface area contributed by atoms with E-state index in [9.17, 15) is 8.42 Å². The minimum absolute atomic E-state index is 0.331. The summed E-state index contributed by atoms with van der Waals surface area (Å²) in [6.07, 6.45) is 0.715. The van der Waals surface area contributed by atoms with E-state index in [-0.39, 0.29) is 0 Å². The van der Waals surface area contributed by atoms with Crippen molar-refractivity contribution < 1.29 is 22.4 Å². The van der Waals surface area contributed by atoms with Crippen molar-refractivity contribution in [2.75, 3.05) is 6.26 Å². The second kappa shape index (κ2) is 14.0. The molecule has 5 rings (SSSR count). The molecule has 35 heavy (non-hydrogen) atoms. The molecule has 190 valence electrons. The van der Waals surface area contributed by atoms with Crippen LogP contribution in [0.3, 0.4) is 0 Å². The van der Waals surface area contributed by atoms with E-state index in [2.05, 4.69) is 9.98 Å². The molecule has 0 amide bonds. The van der Waals surface area contributed by atoms with E-state index in [4.69, 9.17) is 37.2 Å². The fourth-order valence-electron chi connectivity index (χ4n) is 2.74. The minimum Gasteiger partial charge on any atom is -0.451 e. The molecule has 0 saturated carbocycles. The number of para-hydroxylation sites is 4. The van der Waals surface area contributed by atoms with Crippen LogP contribution in [0.5, 0.6) is 23.0 Å². The number of nitrogens with zero attached hydrogens (tertiary/aromatic N) is 2. The Morgan fingerprint density at radius 3 is 1.29 bits per heavy atom. The number of benzene rings is 3. The van der Waals surface area contributed by atoms with Gasteiger partial charge >= 0.3 is 0 Å². The molecule has 0 aliphatic carbocycles. The Balaban J connectivity index is 0.000000485. The first-order chi connectivity index (χ1) is 16.7. The van der Waals surface area contributed by atoms with Crippen LogP contribution >= 0.6 is 23.2 Å². The summed E-state index contributed by atoms with van der Waals surface area (Å²) in [5.41, 5.74) is 1.38. The Kier molecular flexibility index (Phi) is 12.2. The van der Waals surface area contributed by atoms with Gasteiger partial charge in [0, 0.05) is 0 Å². The Morgan fingerprint density at radius 2 is 0.971 bits per heavy atom. The Morgan fingerprint density at radius 1 is 0.686 bits per heavy atom. The topological polar surface area (TPSA) is 97.6 Å². The maximum Gasteiger partial charge on any atom is 0.261 e. The highest BCUT2D eigenvalue weighted by molar-refractivity contribution is 7.85. The highest BCUT2D eigenvalue weighted by atomic mass is 35.5. The molecule has 10 heteroatoms. The second-order valence-corrected chi connectivity index (χ2v) is 8.30. The van der Waals surface area contributed by atoms with Crippen LogP contribution in [0.2, 0.25) is 10.0 Å². The van der Waals surface area contributed by atoms with Crippen molar-refractivity contribution in [3.8, 4) is 23.0 Å². The van der Waals surface area contributed by atoms with Crippen LogP contribution in [0.4, 0.5) is 11.4 Å². The first kappa shape index (κ1) is 30.4. The highest BCUT2D eigenvalue weighted by Crippen LogP contribution is 2.41. The van der Waals surface area contributed by atoms with Crippen LogP contribution in [0.15, 0.2) is 58.5 Å². The molecule has 0 bridgehead atoms. The molecule has 0 atom stereocenters. The standard InChI is InChI=1S/C18H8Cl2N2O2.3C2H6.CH4O3S/c19-13-15-17(23-11-7-3-1-5-9(11)21-15)14(20)16-18(13)24-12-8-4-2-6-10(12)22-16;3*1-2;1-5(2,3)4/h1-8H;3*1-2H3;1H3,(H,2,3,4). The van der Waals surface area contributed by atoms with E-state index >= 15 is 0 Å². The van der Waals surface area contributed by atoms with Crippen molar-refractivity contribution in [3.05, 3.63) is 69.3 Å². The number of halogens is 2. The van der Waals surface area contributed by atoms with Crippen molar-refractivity contribution in [1.82, 2.24) is 0 Å². The third kappa shape index (κ3) is 7.67. The summed E-state index contributed by atoms with van der Waals surface area (Å²) >= 11 is 13.1. The molecule has 0 radical (unpaired) electrons. The van der Waals surface area contributed by atoms with Crippen molar-refractivity contribution >= 4 is 44.7 Å². The lowest BCUT2D eigenvalue weighted by Gasteiger charge is -2.20. The van der Waals surface area contributed by atoms with Crippen LogP contribution in [-0.4, -0.2) is 19.2 Å². The molecule has 0 saturated heterocycles. The zero-order valence-electron chi connectivity index (χ0n) is 20.8. The summed E-state index contributed by atoms with van der Waals surface area (Å²) in [5.74, 6) is 2.04. The van der Waals surface area contributed by atoms with Crippen LogP contribution in [0.25, 0.3) is 0 Å². The first-order valence-corrected chi connectivity index (χ1v) is 13.8. The van der Waals surface area contributed by atoms with Gasteiger partial charge in [0.05, 0.1) is 6.26 Å². The summed E-state index contributed by atoms with van der Waals surface area (Å²) in [7, 11) is -3.67. The van der Waals surface area contributed by atoms with E-state index in [1.165, 1.54) is 0 Å². The molecule has 2 heterocycles. The van der Waals surface area contributed by atoms with Gasteiger partial charge in [-0.15, -0.1) is 0 Å². The average Bonchev–Trinajstić information content (AvgIpc) is 2.88. The van der Waals surface area contributed by atoms with Crippen molar-refractivity contribution in [1.29, 1.82) is 0 Å². The van der Waals surface area contributed by atoms with Crippen molar-refractivity contribution in [3.63, 3.8) is 0 Å². The molecule has 2 aliphatic rings. The predicted octanol–water partition coefficient (Wildman–Crippen LogP) is 7.69. The summed E-state index contributed by atoms with van der Waals surface area (Å²) in [4.78, 5) is 9.14. The Bertz CT molecular complexity index is 1280.